The van der Waals surface area contributed by atoms with Gasteiger partial charge in [-0.15, -0.1) is 11.3 Å². The highest BCUT2D eigenvalue weighted by Crippen LogP contribution is 2.51. The molecule has 0 radical (unpaired) electrons. The molecule has 6 aromatic carbocycles. The van der Waals surface area contributed by atoms with E-state index in [0.29, 0.717) is 0 Å². The first-order chi connectivity index (χ1) is 20.4. The summed E-state index contributed by atoms with van der Waals surface area (Å²) in [4.78, 5) is 0. The number of hydrogen-bond acceptors (Lipinski definition) is 1. The van der Waals surface area contributed by atoms with E-state index in [1.807, 2.05) is 22.8 Å². The van der Waals surface area contributed by atoms with E-state index >= 15 is 0 Å². The fraction of sp³-hybridized carbons (Fsp3) is 0.0286. The van der Waals surface area contributed by atoms with Crippen molar-refractivity contribution in [2.24, 2.45) is 0 Å². The lowest BCUT2D eigenvalue weighted by atomic mass is 9.93. The van der Waals surface area contributed by atoms with Crippen LogP contribution in [0.2, 0.25) is 0 Å². The third-order valence-electron chi connectivity index (χ3n) is 7.90. The predicted octanol–water partition coefficient (Wildman–Crippen LogP) is 9.88. The van der Waals surface area contributed by atoms with Crippen LogP contribution >= 0.6 is 11.3 Å². The van der Waals surface area contributed by atoms with Gasteiger partial charge >= 0.3 is 0 Å². The molecule has 0 aliphatic heterocycles. The summed E-state index contributed by atoms with van der Waals surface area (Å²) >= 11 is 1.77. The molecule has 37 heavy (non-hydrogen) atoms. The Morgan fingerprint density at radius 2 is 1.43 bits per heavy atom. The van der Waals surface area contributed by atoms with E-state index in [2.05, 4.69) is 66.7 Å². The summed E-state index contributed by atoms with van der Waals surface area (Å²) < 4.78 is 46.6. The quantitative estimate of drug-likeness (QED) is 0.215. The van der Waals surface area contributed by atoms with Crippen LogP contribution in [0.1, 0.15) is 18.0 Å². The van der Waals surface area contributed by atoms with Crippen LogP contribution in [-0.4, -0.2) is 4.57 Å². The van der Waals surface area contributed by atoms with Gasteiger partial charge in [-0.05, 0) is 69.7 Å². The number of rotatable bonds is 1. The molecule has 172 valence electrons. The highest BCUT2D eigenvalue weighted by molar-refractivity contribution is 7.27. The highest BCUT2D eigenvalue weighted by Gasteiger charge is 2.26. The molecule has 1 aliphatic carbocycles. The van der Waals surface area contributed by atoms with Crippen LogP contribution in [0.4, 0.5) is 0 Å². The Bertz CT molecular complexity index is 2480. The molecule has 0 atom stereocenters. The standard InChI is InChI=1S/C35H21NS/c1-2-11-22(12-3-1)36-30-17-9-8-15-25(30)27-19-29-32(20-31(27)36)37-35-26-16-7-6-14-24(26)28-18-21-10-4-5-13-23(21)33(28)34(29)35/h1-17,19-20H,18H2/i1D,2D,3D,11D,12D. The van der Waals surface area contributed by atoms with Gasteiger partial charge in [0.25, 0.3) is 0 Å². The van der Waals surface area contributed by atoms with Crippen molar-refractivity contribution in [2.45, 2.75) is 6.42 Å². The Balaban J connectivity index is 1.49. The fourth-order valence-electron chi connectivity index (χ4n) is 6.41. The molecule has 0 bridgehead atoms. The van der Waals surface area contributed by atoms with Crippen LogP contribution in [0, 0.1) is 0 Å². The summed E-state index contributed by atoms with van der Waals surface area (Å²) in [5.74, 6) is 0. The number of fused-ring (bicyclic) bond motifs is 13. The van der Waals surface area contributed by atoms with Crippen LogP contribution < -0.4 is 0 Å². The van der Waals surface area contributed by atoms with E-state index in [-0.39, 0.29) is 35.9 Å². The maximum Gasteiger partial charge on any atom is 0.0645 e. The molecule has 0 fully saturated rings. The van der Waals surface area contributed by atoms with Crippen molar-refractivity contribution in [1.82, 2.24) is 4.57 Å². The van der Waals surface area contributed by atoms with Crippen LogP contribution in [-0.2, 0) is 6.42 Å². The summed E-state index contributed by atoms with van der Waals surface area (Å²) in [7, 11) is 0. The molecule has 0 amide bonds. The second-order valence-corrected chi connectivity index (χ2v) is 10.8. The molecule has 0 N–H and O–H groups in total. The van der Waals surface area contributed by atoms with Crippen LogP contribution in [0.15, 0.2) is 115 Å². The number of hydrogen-bond donors (Lipinski definition) is 0. The summed E-state index contributed by atoms with van der Waals surface area (Å²) in [6, 6.07) is 28.3. The molecule has 2 heterocycles. The van der Waals surface area contributed by atoms with E-state index in [4.69, 9.17) is 6.85 Å². The summed E-state index contributed by atoms with van der Waals surface area (Å²) in [5.41, 5.74) is 7.16. The molecule has 9 rings (SSSR count). The lowest BCUT2D eigenvalue weighted by molar-refractivity contribution is 1.18. The first-order valence-corrected chi connectivity index (χ1v) is 13.2. The van der Waals surface area contributed by atoms with Gasteiger partial charge in [0.15, 0.2) is 0 Å². The van der Waals surface area contributed by atoms with Crippen molar-refractivity contribution in [2.75, 3.05) is 0 Å². The SMILES string of the molecule is [2H]c1c([2H])c([2H])c(-n2c3ccccc3c3cc4c(cc32)sc2c3ccccc3c3c(c42)-c2ccccc2C3)c([2H])c1[2H]. The zero-order valence-electron chi connectivity index (χ0n) is 24.6. The van der Waals surface area contributed by atoms with E-state index in [0.717, 1.165) is 32.9 Å². The van der Waals surface area contributed by atoms with Crippen molar-refractivity contribution in [1.29, 1.82) is 0 Å². The van der Waals surface area contributed by atoms with Crippen LogP contribution in [0.5, 0.6) is 0 Å². The molecule has 1 aliphatic rings. The smallest absolute Gasteiger partial charge is 0.0645 e. The third kappa shape index (κ3) is 2.53. The van der Waals surface area contributed by atoms with Gasteiger partial charge in [-0.25, -0.2) is 0 Å². The van der Waals surface area contributed by atoms with Gasteiger partial charge in [0.2, 0.25) is 0 Å². The number of thiophene rings is 1. The number of para-hydroxylation sites is 2. The predicted molar refractivity (Wildman–Crippen MR) is 159 cm³/mol. The van der Waals surface area contributed by atoms with Gasteiger partial charge in [0.05, 0.1) is 17.9 Å². The first kappa shape index (κ1) is 15.7. The number of nitrogens with zero attached hydrogens (tertiary/aromatic N) is 1. The summed E-state index contributed by atoms with van der Waals surface area (Å²) in [6.45, 7) is 0. The zero-order chi connectivity index (χ0) is 28.4. The second-order valence-electron chi connectivity index (χ2n) is 9.73. The van der Waals surface area contributed by atoms with Crippen molar-refractivity contribution in [3.63, 3.8) is 0 Å². The molecular formula is C35H21NS. The highest BCUT2D eigenvalue weighted by atomic mass is 32.1. The Morgan fingerprint density at radius 3 is 2.32 bits per heavy atom. The first-order valence-electron chi connectivity index (χ1n) is 14.9. The molecule has 1 nitrogen and oxygen atoms in total. The fourth-order valence-corrected chi connectivity index (χ4v) is 7.68. The second kappa shape index (κ2) is 7.09. The Kier molecular flexibility index (Phi) is 3.00. The van der Waals surface area contributed by atoms with Gasteiger partial charge in [-0.1, -0.05) is 84.9 Å². The molecule has 0 saturated carbocycles. The number of aromatic nitrogens is 1. The van der Waals surface area contributed by atoms with E-state index in [9.17, 15) is 0 Å². The van der Waals surface area contributed by atoms with Gasteiger partial charge in [-0.3, -0.25) is 0 Å². The number of benzene rings is 6. The average Bonchev–Trinajstić information content (AvgIpc) is 3.68. The van der Waals surface area contributed by atoms with E-state index in [1.54, 1.807) is 11.3 Å². The summed E-state index contributed by atoms with van der Waals surface area (Å²) in [5, 5.41) is 6.99. The zero-order valence-corrected chi connectivity index (χ0v) is 20.5. The molecule has 8 aromatic rings. The molecule has 0 spiro atoms. The van der Waals surface area contributed by atoms with Crippen LogP contribution in [0.3, 0.4) is 0 Å². The largest absolute Gasteiger partial charge is 0.309 e. The van der Waals surface area contributed by atoms with Gasteiger partial charge in [-0.2, -0.15) is 0 Å². The average molecular weight is 493 g/mol. The van der Waals surface area contributed by atoms with Crippen LogP contribution in [0.25, 0.3) is 69.6 Å². The maximum atomic E-state index is 8.77. The van der Waals surface area contributed by atoms with E-state index in [1.165, 1.54) is 48.5 Å². The molecule has 2 aromatic heterocycles. The Hall–Kier alpha value is -4.40. The topological polar surface area (TPSA) is 4.93 Å². The monoisotopic (exact) mass is 492 g/mol. The minimum absolute atomic E-state index is 0.174. The van der Waals surface area contributed by atoms with Gasteiger partial charge < -0.3 is 4.57 Å². The lowest BCUT2D eigenvalue weighted by Gasteiger charge is -2.10. The van der Waals surface area contributed by atoms with E-state index < -0.39 is 0 Å². The molecule has 0 saturated heterocycles. The summed E-state index contributed by atoms with van der Waals surface area (Å²) in [6.07, 6.45) is 0.913. The van der Waals surface area contributed by atoms with Crippen molar-refractivity contribution in [3.05, 3.63) is 126 Å². The van der Waals surface area contributed by atoms with Crippen molar-refractivity contribution in [3.8, 4) is 16.8 Å². The minimum atomic E-state index is -0.387. The maximum absolute atomic E-state index is 8.77. The Morgan fingerprint density at radius 1 is 0.676 bits per heavy atom. The van der Waals surface area contributed by atoms with Crippen molar-refractivity contribution >= 4 is 64.1 Å². The van der Waals surface area contributed by atoms with Gasteiger partial charge in [0.1, 0.15) is 0 Å². The normalized spacial score (nSPS) is 14.6. The minimum Gasteiger partial charge on any atom is -0.309 e. The molecule has 2 heteroatoms. The van der Waals surface area contributed by atoms with Gasteiger partial charge in [0, 0.05) is 36.6 Å². The molecule has 0 unspecified atom stereocenters. The van der Waals surface area contributed by atoms with Crippen molar-refractivity contribution < 1.29 is 6.85 Å². The molecular weight excluding hydrogens is 466 g/mol. The Labute approximate surface area is 224 Å². The third-order valence-corrected chi connectivity index (χ3v) is 9.08. The lowest BCUT2D eigenvalue weighted by Crippen LogP contribution is -1.92.